The molecule has 0 fully saturated rings. The van der Waals surface area contributed by atoms with Crippen molar-refractivity contribution in [2.45, 2.75) is 19.8 Å². The highest BCUT2D eigenvalue weighted by molar-refractivity contribution is 6.06. The number of hydrogen-bond donors (Lipinski definition) is 1. The van der Waals surface area contributed by atoms with Gasteiger partial charge in [0.15, 0.2) is 5.78 Å². The van der Waals surface area contributed by atoms with Crippen molar-refractivity contribution in [1.82, 2.24) is 0 Å². The number of anilines is 1. The summed E-state index contributed by atoms with van der Waals surface area (Å²) >= 11 is 0. The van der Waals surface area contributed by atoms with Crippen LogP contribution >= 0.6 is 0 Å². The Labute approximate surface area is 131 Å². The van der Waals surface area contributed by atoms with E-state index in [4.69, 9.17) is 10.5 Å². The first-order valence-electron chi connectivity index (χ1n) is 7.50. The van der Waals surface area contributed by atoms with Crippen LogP contribution in [0.1, 0.15) is 35.7 Å². The molecule has 2 aromatic carbocycles. The molecule has 2 rings (SSSR count). The average molecular weight is 295 g/mol. The Balaban J connectivity index is 1.95. The molecule has 0 spiro atoms. The number of ether oxygens (including phenoxy) is 1. The molecule has 114 valence electrons. The molecule has 0 saturated heterocycles. The van der Waals surface area contributed by atoms with Crippen LogP contribution in [-0.2, 0) is 0 Å². The Bertz CT molecular complexity index is 627. The van der Waals surface area contributed by atoms with E-state index in [-0.39, 0.29) is 5.78 Å². The van der Waals surface area contributed by atoms with Crippen molar-refractivity contribution in [3.8, 4) is 5.75 Å². The van der Waals surface area contributed by atoms with Gasteiger partial charge in [0.1, 0.15) is 5.75 Å². The van der Waals surface area contributed by atoms with Crippen LogP contribution in [-0.4, -0.2) is 12.4 Å². The van der Waals surface area contributed by atoms with Crippen molar-refractivity contribution >= 4 is 17.5 Å². The second-order valence-corrected chi connectivity index (χ2v) is 5.09. The zero-order chi connectivity index (χ0) is 15.8. The maximum Gasteiger partial charge on any atom is 0.185 e. The van der Waals surface area contributed by atoms with E-state index in [0.29, 0.717) is 11.3 Å². The summed E-state index contributed by atoms with van der Waals surface area (Å²) in [4.78, 5) is 12.0. The number of hydrogen-bond acceptors (Lipinski definition) is 3. The number of carbonyl (C=O) groups excluding carboxylic acids is 1. The Morgan fingerprint density at radius 3 is 2.41 bits per heavy atom. The number of nitrogens with two attached hydrogens (primary N) is 1. The Morgan fingerprint density at radius 1 is 1.09 bits per heavy atom. The summed E-state index contributed by atoms with van der Waals surface area (Å²) in [5, 5.41) is 0. The van der Waals surface area contributed by atoms with Gasteiger partial charge in [-0.2, -0.15) is 0 Å². The fourth-order valence-corrected chi connectivity index (χ4v) is 1.93. The van der Waals surface area contributed by atoms with E-state index in [2.05, 4.69) is 6.92 Å². The van der Waals surface area contributed by atoms with Crippen molar-refractivity contribution in [1.29, 1.82) is 0 Å². The van der Waals surface area contributed by atoms with Crippen molar-refractivity contribution in [2.24, 2.45) is 0 Å². The number of benzene rings is 2. The molecule has 0 radical (unpaired) electrons. The third-order valence-electron chi connectivity index (χ3n) is 3.27. The maximum atomic E-state index is 12.0. The Morgan fingerprint density at radius 2 is 1.77 bits per heavy atom. The first-order valence-corrected chi connectivity index (χ1v) is 7.50. The van der Waals surface area contributed by atoms with Crippen LogP contribution in [0.3, 0.4) is 0 Å². The van der Waals surface area contributed by atoms with E-state index < -0.39 is 0 Å². The maximum absolute atomic E-state index is 12.0. The van der Waals surface area contributed by atoms with Gasteiger partial charge in [-0.25, -0.2) is 0 Å². The number of allylic oxidation sites excluding steroid dienone is 1. The summed E-state index contributed by atoms with van der Waals surface area (Å²) in [6.07, 6.45) is 5.54. The Kier molecular flexibility index (Phi) is 5.78. The smallest absolute Gasteiger partial charge is 0.185 e. The van der Waals surface area contributed by atoms with Gasteiger partial charge in [0.25, 0.3) is 0 Å². The van der Waals surface area contributed by atoms with Crippen molar-refractivity contribution < 1.29 is 9.53 Å². The quantitative estimate of drug-likeness (QED) is 0.358. The molecule has 0 amide bonds. The molecule has 3 nitrogen and oxygen atoms in total. The summed E-state index contributed by atoms with van der Waals surface area (Å²) in [5.41, 5.74) is 7.85. The van der Waals surface area contributed by atoms with Gasteiger partial charge in [-0.1, -0.05) is 31.6 Å². The largest absolute Gasteiger partial charge is 0.494 e. The zero-order valence-corrected chi connectivity index (χ0v) is 12.8. The number of rotatable bonds is 7. The summed E-state index contributed by atoms with van der Waals surface area (Å²) in [6.45, 7) is 2.87. The lowest BCUT2D eigenvalue weighted by Gasteiger charge is -2.05. The topological polar surface area (TPSA) is 52.3 Å². The van der Waals surface area contributed by atoms with Crippen LogP contribution < -0.4 is 10.5 Å². The SMILES string of the molecule is CCCCOc1ccc(/C=C\C(=O)c2ccc(N)cc2)cc1. The third-order valence-corrected chi connectivity index (χ3v) is 3.27. The fourth-order valence-electron chi connectivity index (χ4n) is 1.93. The van der Waals surface area contributed by atoms with Crippen LogP contribution in [0.2, 0.25) is 0 Å². The molecule has 22 heavy (non-hydrogen) atoms. The summed E-state index contributed by atoms with van der Waals surface area (Å²) < 4.78 is 5.60. The van der Waals surface area contributed by atoms with Gasteiger partial charge < -0.3 is 10.5 Å². The number of carbonyl (C=O) groups is 1. The van der Waals surface area contributed by atoms with Gasteiger partial charge in [0.05, 0.1) is 6.61 Å². The molecule has 0 aliphatic heterocycles. The molecule has 2 N–H and O–H groups in total. The van der Waals surface area contributed by atoms with Gasteiger partial charge in [-0.15, -0.1) is 0 Å². The number of unbranched alkanes of at least 4 members (excludes halogenated alkanes) is 1. The van der Waals surface area contributed by atoms with E-state index in [9.17, 15) is 4.79 Å². The van der Waals surface area contributed by atoms with Gasteiger partial charge in [0.2, 0.25) is 0 Å². The summed E-state index contributed by atoms with van der Waals surface area (Å²) in [5.74, 6) is 0.818. The molecule has 0 aromatic heterocycles. The van der Waals surface area contributed by atoms with E-state index in [1.807, 2.05) is 24.3 Å². The molecular weight excluding hydrogens is 274 g/mol. The minimum absolute atomic E-state index is 0.0386. The highest BCUT2D eigenvalue weighted by atomic mass is 16.5. The normalized spacial score (nSPS) is 10.8. The number of nitrogen functional groups attached to an aromatic ring is 1. The molecule has 2 aromatic rings. The monoisotopic (exact) mass is 295 g/mol. The van der Waals surface area contributed by atoms with Crippen molar-refractivity contribution in [3.05, 3.63) is 65.7 Å². The molecule has 0 heterocycles. The zero-order valence-electron chi connectivity index (χ0n) is 12.8. The van der Waals surface area contributed by atoms with Crippen LogP contribution in [0.4, 0.5) is 5.69 Å². The van der Waals surface area contributed by atoms with Crippen LogP contribution in [0, 0.1) is 0 Å². The second kappa shape index (κ2) is 8.03. The lowest BCUT2D eigenvalue weighted by Crippen LogP contribution is -1.96. The number of ketones is 1. The standard InChI is InChI=1S/C19H21NO2/c1-2-3-14-22-18-11-4-15(5-12-18)6-13-19(21)16-7-9-17(20)10-8-16/h4-13H,2-3,14,20H2,1H3/b13-6-. The third kappa shape index (κ3) is 4.77. The molecule has 0 saturated carbocycles. The van der Waals surface area contributed by atoms with Gasteiger partial charge in [-0.05, 0) is 54.5 Å². The van der Waals surface area contributed by atoms with E-state index in [1.165, 1.54) is 0 Å². The highest BCUT2D eigenvalue weighted by Crippen LogP contribution is 2.14. The van der Waals surface area contributed by atoms with Crippen LogP contribution in [0.25, 0.3) is 6.08 Å². The lowest BCUT2D eigenvalue weighted by atomic mass is 10.1. The predicted molar refractivity (Wildman–Crippen MR) is 91.1 cm³/mol. The van der Waals surface area contributed by atoms with E-state index in [1.54, 1.807) is 36.4 Å². The molecular formula is C19H21NO2. The first-order chi connectivity index (χ1) is 10.7. The van der Waals surface area contributed by atoms with Gasteiger partial charge in [0, 0.05) is 11.3 Å². The fraction of sp³-hybridized carbons (Fsp3) is 0.211. The van der Waals surface area contributed by atoms with Crippen LogP contribution in [0.15, 0.2) is 54.6 Å². The minimum Gasteiger partial charge on any atom is -0.494 e. The summed E-state index contributed by atoms with van der Waals surface area (Å²) in [7, 11) is 0. The highest BCUT2D eigenvalue weighted by Gasteiger charge is 2.01. The van der Waals surface area contributed by atoms with Gasteiger partial charge in [-0.3, -0.25) is 4.79 Å². The van der Waals surface area contributed by atoms with Crippen molar-refractivity contribution in [3.63, 3.8) is 0 Å². The molecule has 0 atom stereocenters. The molecule has 3 heteroatoms. The van der Waals surface area contributed by atoms with E-state index >= 15 is 0 Å². The first kappa shape index (κ1) is 15.8. The van der Waals surface area contributed by atoms with Crippen molar-refractivity contribution in [2.75, 3.05) is 12.3 Å². The average Bonchev–Trinajstić information content (AvgIpc) is 2.55. The predicted octanol–water partition coefficient (Wildman–Crippen LogP) is 4.34. The Hall–Kier alpha value is -2.55. The molecule has 0 aliphatic rings. The summed E-state index contributed by atoms with van der Waals surface area (Å²) in [6, 6.07) is 14.6. The van der Waals surface area contributed by atoms with Gasteiger partial charge >= 0.3 is 0 Å². The van der Waals surface area contributed by atoms with Crippen LogP contribution in [0.5, 0.6) is 5.75 Å². The molecule has 0 bridgehead atoms. The molecule has 0 unspecified atom stereocenters. The second-order valence-electron chi connectivity index (χ2n) is 5.09. The molecule has 0 aliphatic carbocycles. The lowest BCUT2D eigenvalue weighted by molar-refractivity contribution is 0.104. The minimum atomic E-state index is -0.0386. The van der Waals surface area contributed by atoms with E-state index in [0.717, 1.165) is 30.8 Å².